The lowest BCUT2D eigenvalue weighted by Gasteiger charge is -2.34. The molecule has 0 atom stereocenters. The van der Waals surface area contributed by atoms with E-state index in [-0.39, 0.29) is 9.39 Å². The Morgan fingerprint density at radius 3 is 2.18 bits per heavy atom. The van der Waals surface area contributed by atoms with Gasteiger partial charge in [-0.15, -0.1) is 0 Å². The first-order valence-corrected chi connectivity index (χ1v) is 6.73. The molecule has 1 aromatic rings. The molecule has 0 aliphatic carbocycles. The molecule has 0 heterocycles. The Labute approximate surface area is 117 Å². The van der Waals surface area contributed by atoms with Crippen molar-refractivity contribution in [2.75, 3.05) is 0 Å². The monoisotopic (exact) mass is 346 g/mol. The van der Waals surface area contributed by atoms with Crippen LogP contribution in [-0.2, 0) is 16.1 Å². The summed E-state index contributed by atoms with van der Waals surface area (Å²) >= 11 is 2.29. The van der Waals surface area contributed by atoms with Gasteiger partial charge in [0.1, 0.15) is 6.61 Å². The number of esters is 1. The molecular weight excluding hydrogens is 327 g/mol. The average Bonchev–Trinajstić information content (AvgIpc) is 2.25. The summed E-state index contributed by atoms with van der Waals surface area (Å²) in [5.74, 6) is -0.152. The van der Waals surface area contributed by atoms with E-state index in [4.69, 9.17) is 4.74 Å². The number of alkyl halides is 1. The molecule has 0 radical (unpaired) electrons. The normalized spacial score (nSPS) is 12.3. The Morgan fingerprint density at radius 1 is 1.18 bits per heavy atom. The Morgan fingerprint density at radius 2 is 1.71 bits per heavy atom. The van der Waals surface area contributed by atoms with E-state index >= 15 is 0 Å². The lowest BCUT2D eigenvalue weighted by Crippen LogP contribution is -2.41. The summed E-state index contributed by atoms with van der Waals surface area (Å²) in [4.78, 5) is 12.1. The molecule has 0 amide bonds. The fraction of sp³-hybridized carbons (Fsp3) is 0.500. The van der Waals surface area contributed by atoms with Crippen molar-refractivity contribution in [3.8, 4) is 0 Å². The highest BCUT2D eigenvalue weighted by Gasteiger charge is 2.42. The van der Waals surface area contributed by atoms with E-state index in [9.17, 15) is 4.79 Å². The lowest BCUT2D eigenvalue weighted by molar-refractivity contribution is -0.156. The fourth-order valence-electron chi connectivity index (χ4n) is 1.15. The summed E-state index contributed by atoms with van der Waals surface area (Å²) in [6, 6.07) is 9.74. The number of halogens is 1. The van der Waals surface area contributed by atoms with Crippen molar-refractivity contribution in [2.45, 2.75) is 37.7 Å². The number of hydrogen-bond donors (Lipinski definition) is 0. The smallest absolute Gasteiger partial charge is 0.313 e. The molecule has 0 spiro atoms. The van der Waals surface area contributed by atoms with Crippen molar-refractivity contribution in [3.63, 3.8) is 0 Å². The van der Waals surface area contributed by atoms with Gasteiger partial charge in [0.25, 0.3) is 0 Å². The summed E-state index contributed by atoms with van der Waals surface area (Å²) in [7, 11) is 0. The maximum atomic E-state index is 12.1. The second-order valence-corrected chi connectivity index (χ2v) is 7.86. The molecule has 0 aromatic heterocycles. The zero-order valence-electron chi connectivity index (χ0n) is 10.8. The van der Waals surface area contributed by atoms with Gasteiger partial charge in [0.05, 0.1) is 5.41 Å². The number of hydrogen-bond acceptors (Lipinski definition) is 2. The van der Waals surface area contributed by atoms with Crippen LogP contribution in [0.3, 0.4) is 0 Å². The topological polar surface area (TPSA) is 26.3 Å². The van der Waals surface area contributed by atoms with Crippen LogP contribution < -0.4 is 0 Å². The predicted octanol–water partition coefficient (Wildman–Crippen LogP) is 3.97. The summed E-state index contributed by atoms with van der Waals surface area (Å²) in [6.45, 7) is 8.27. The van der Waals surface area contributed by atoms with Gasteiger partial charge < -0.3 is 4.74 Å². The minimum atomic E-state index is -0.498. The average molecular weight is 346 g/mol. The van der Waals surface area contributed by atoms with E-state index in [2.05, 4.69) is 22.6 Å². The Kier molecular flexibility index (Phi) is 4.58. The van der Waals surface area contributed by atoms with Gasteiger partial charge in [-0.2, -0.15) is 0 Å². The van der Waals surface area contributed by atoms with Crippen LogP contribution in [0.25, 0.3) is 0 Å². The zero-order valence-corrected chi connectivity index (χ0v) is 12.9. The van der Waals surface area contributed by atoms with Crippen LogP contribution in [0.4, 0.5) is 0 Å². The molecule has 0 aliphatic heterocycles. The first-order valence-electron chi connectivity index (χ1n) is 5.65. The molecule has 0 saturated heterocycles. The van der Waals surface area contributed by atoms with Crippen LogP contribution in [0.1, 0.15) is 33.3 Å². The van der Waals surface area contributed by atoms with Crippen molar-refractivity contribution in [1.82, 2.24) is 0 Å². The Balaban J connectivity index is 2.62. The third-order valence-corrected chi connectivity index (χ3v) is 4.56. The summed E-state index contributed by atoms with van der Waals surface area (Å²) in [6.07, 6.45) is 0. The van der Waals surface area contributed by atoms with Crippen LogP contribution in [0, 0.1) is 5.41 Å². The van der Waals surface area contributed by atoms with E-state index in [1.165, 1.54) is 0 Å². The maximum absolute atomic E-state index is 12.1. The number of carbonyl (C=O) groups is 1. The summed E-state index contributed by atoms with van der Waals surface area (Å²) in [5, 5.41) is 0. The molecular formula is C14H19IO2. The zero-order chi connectivity index (χ0) is 13.1. The predicted molar refractivity (Wildman–Crippen MR) is 78.1 cm³/mol. The molecule has 94 valence electrons. The van der Waals surface area contributed by atoms with E-state index in [1.807, 2.05) is 58.0 Å². The maximum Gasteiger partial charge on any atom is 0.313 e. The molecule has 0 N–H and O–H groups in total. The summed E-state index contributed by atoms with van der Waals surface area (Å²) in [5.41, 5.74) is 0.519. The van der Waals surface area contributed by atoms with Crippen LogP contribution in [0.5, 0.6) is 0 Å². The minimum absolute atomic E-state index is 0.140. The number of rotatable bonds is 4. The lowest BCUT2D eigenvalue weighted by atomic mass is 9.81. The molecule has 0 aliphatic rings. The summed E-state index contributed by atoms with van der Waals surface area (Å²) < 4.78 is 5.24. The molecule has 0 unspecified atom stereocenters. The molecule has 3 heteroatoms. The molecule has 0 bridgehead atoms. The molecule has 17 heavy (non-hydrogen) atoms. The Bertz CT molecular complexity index is 377. The second-order valence-electron chi connectivity index (χ2n) is 5.16. The van der Waals surface area contributed by atoms with E-state index in [0.29, 0.717) is 6.61 Å². The van der Waals surface area contributed by atoms with Gasteiger partial charge in [0.15, 0.2) is 0 Å². The molecule has 2 nitrogen and oxygen atoms in total. The SMILES string of the molecule is CC(C)(I)C(C)(C)C(=O)OCc1ccccc1. The van der Waals surface area contributed by atoms with Gasteiger partial charge in [-0.3, -0.25) is 4.79 Å². The molecule has 0 saturated carbocycles. The number of ether oxygens (including phenoxy) is 1. The first kappa shape index (κ1) is 14.5. The molecule has 1 rings (SSSR count). The van der Waals surface area contributed by atoms with Crippen LogP contribution >= 0.6 is 22.6 Å². The van der Waals surface area contributed by atoms with Gasteiger partial charge >= 0.3 is 5.97 Å². The van der Waals surface area contributed by atoms with Crippen molar-refractivity contribution < 1.29 is 9.53 Å². The highest BCUT2D eigenvalue weighted by atomic mass is 127. The fourth-order valence-corrected chi connectivity index (χ4v) is 1.37. The van der Waals surface area contributed by atoms with Crippen molar-refractivity contribution in [2.24, 2.45) is 5.41 Å². The van der Waals surface area contributed by atoms with Gasteiger partial charge in [0.2, 0.25) is 0 Å². The van der Waals surface area contributed by atoms with Crippen molar-refractivity contribution >= 4 is 28.6 Å². The van der Waals surface area contributed by atoms with Gasteiger partial charge in [-0.25, -0.2) is 0 Å². The molecule has 0 fully saturated rings. The van der Waals surface area contributed by atoms with Crippen LogP contribution in [0.2, 0.25) is 0 Å². The molecule has 1 aromatic carbocycles. The number of benzene rings is 1. The third-order valence-electron chi connectivity index (χ3n) is 3.21. The van der Waals surface area contributed by atoms with Crippen molar-refractivity contribution in [3.05, 3.63) is 35.9 Å². The first-order chi connectivity index (χ1) is 7.75. The highest BCUT2D eigenvalue weighted by molar-refractivity contribution is 14.1. The van der Waals surface area contributed by atoms with E-state index in [0.717, 1.165) is 5.56 Å². The van der Waals surface area contributed by atoms with Crippen LogP contribution in [0.15, 0.2) is 30.3 Å². The third kappa shape index (κ3) is 3.69. The second kappa shape index (κ2) is 5.38. The standard InChI is InChI=1S/C14H19IO2/c1-13(2,14(3,4)15)12(16)17-10-11-8-6-5-7-9-11/h5-9H,10H2,1-4H3. The van der Waals surface area contributed by atoms with E-state index < -0.39 is 5.41 Å². The van der Waals surface area contributed by atoms with Gasteiger partial charge in [0, 0.05) is 3.42 Å². The number of carbonyl (C=O) groups excluding carboxylic acids is 1. The Hall–Kier alpha value is -0.580. The highest BCUT2D eigenvalue weighted by Crippen LogP contribution is 2.39. The van der Waals surface area contributed by atoms with E-state index in [1.54, 1.807) is 0 Å². The van der Waals surface area contributed by atoms with Crippen LogP contribution in [-0.4, -0.2) is 9.39 Å². The minimum Gasteiger partial charge on any atom is -0.460 e. The van der Waals surface area contributed by atoms with Gasteiger partial charge in [-0.1, -0.05) is 52.9 Å². The quantitative estimate of drug-likeness (QED) is 0.469. The van der Waals surface area contributed by atoms with Crippen molar-refractivity contribution in [1.29, 1.82) is 0 Å². The van der Waals surface area contributed by atoms with Gasteiger partial charge in [-0.05, 0) is 33.3 Å². The largest absolute Gasteiger partial charge is 0.460 e.